The lowest BCUT2D eigenvalue weighted by molar-refractivity contribution is 0.100. The summed E-state index contributed by atoms with van der Waals surface area (Å²) < 4.78 is 6.64. The normalized spacial score (nSPS) is 11.2. The fraction of sp³-hybridized carbons (Fsp3) is 0.160. The molecular formula is C50H40N12O6. The van der Waals surface area contributed by atoms with Gasteiger partial charge < -0.3 is 9.13 Å². The van der Waals surface area contributed by atoms with Crippen molar-refractivity contribution in [2.75, 3.05) is 0 Å². The first-order valence-electron chi connectivity index (χ1n) is 21.3. The van der Waals surface area contributed by atoms with Gasteiger partial charge in [0.05, 0.1) is 38.8 Å². The Hall–Kier alpha value is -9.06. The lowest BCUT2D eigenvalue weighted by Gasteiger charge is -2.04. The van der Waals surface area contributed by atoms with E-state index in [0.717, 1.165) is 22.3 Å². The molecule has 4 aromatic carbocycles. The Morgan fingerprint density at radius 2 is 0.691 bits per heavy atom. The van der Waals surface area contributed by atoms with Crippen molar-refractivity contribution >= 4 is 45.5 Å². The molecule has 0 N–H and O–H groups in total. The molecule has 0 atom stereocenters. The Bertz CT molecular complexity index is 3370. The molecule has 336 valence electrons. The highest BCUT2D eigenvalue weighted by Crippen LogP contribution is 2.26. The Balaban J connectivity index is 0.000000170. The maximum absolute atomic E-state index is 12.7. The second kappa shape index (κ2) is 18.4. The number of ketones is 4. The van der Waals surface area contributed by atoms with E-state index in [0.29, 0.717) is 80.7 Å². The summed E-state index contributed by atoms with van der Waals surface area (Å²) in [5.74, 6) is 0.771. The minimum atomic E-state index is -0.431. The first kappa shape index (κ1) is 44.2. The van der Waals surface area contributed by atoms with Gasteiger partial charge in [-0.15, -0.1) is 0 Å². The van der Waals surface area contributed by atoms with Crippen LogP contribution in [0.3, 0.4) is 0 Å². The van der Waals surface area contributed by atoms with Crippen molar-refractivity contribution in [3.8, 4) is 23.0 Å². The second-order valence-corrected chi connectivity index (χ2v) is 16.2. The van der Waals surface area contributed by atoms with Crippen LogP contribution in [-0.2, 0) is 26.2 Å². The summed E-state index contributed by atoms with van der Waals surface area (Å²) in [6.45, 7) is 7.58. The number of fused-ring (bicyclic) bond motifs is 6. The van der Waals surface area contributed by atoms with Gasteiger partial charge in [0.25, 0.3) is 0 Å². The lowest BCUT2D eigenvalue weighted by atomic mass is 10.1. The minimum Gasteiger partial charge on any atom is -0.311 e. The third-order valence-corrected chi connectivity index (χ3v) is 11.4. The Kier molecular flexibility index (Phi) is 12.0. The maximum atomic E-state index is 12.7. The van der Waals surface area contributed by atoms with Crippen molar-refractivity contribution in [2.24, 2.45) is 0 Å². The van der Waals surface area contributed by atoms with Gasteiger partial charge in [0, 0.05) is 22.3 Å². The predicted molar refractivity (Wildman–Crippen MR) is 250 cm³/mol. The van der Waals surface area contributed by atoms with E-state index in [-0.39, 0.29) is 36.2 Å². The number of hydrogen-bond acceptors (Lipinski definition) is 14. The number of aromatic nitrogens is 12. The van der Waals surface area contributed by atoms with E-state index in [4.69, 9.17) is 0 Å². The van der Waals surface area contributed by atoms with Gasteiger partial charge >= 0.3 is 11.4 Å². The summed E-state index contributed by atoms with van der Waals surface area (Å²) in [6.07, 6.45) is 6.11. The minimum absolute atomic E-state index is 0.0144. The van der Waals surface area contributed by atoms with Gasteiger partial charge in [-0.3, -0.25) is 28.3 Å². The van der Waals surface area contributed by atoms with Gasteiger partial charge in [-0.05, 0) is 49.9 Å². The molecule has 68 heavy (non-hydrogen) atoms. The molecule has 0 spiro atoms. The van der Waals surface area contributed by atoms with Gasteiger partial charge in [0.15, 0.2) is 46.1 Å². The van der Waals surface area contributed by atoms with Crippen molar-refractivity contribution in [1.29, 1.82) is 0 Å². The molecule has 0 fully saturated rings. The number of carbonyl (C=O) groups is 4. The SMILES string of the molecule is CC(=O)c1ccc(Cn2c3ncnc4c(ncn4Cc4ccc(C(C)=O)cc4)c-3nc2=O)cc1.CC(=O)c1ccc(Cn2c3ncnc4c(ncn4Cc4ccc(C(C)=O)cc4)c-3nc2=O)cc1. The van der Waals surface area contributed by atoms with E-state index in [9.17, 15) is 28.8 Å². The van der Waals surface area contributed by atoms with E-state index in [1.165, 1.54) is 49.5 Å². The predicted octanol–water partition coefficient (Wildman–Crippen LogP) is 5.98. The van der Waals surface area contributed by atoms with Gasteiger partial charge in [-0.1, -0.05) is 97.1 Å². The first-order valence-corrected chi connectivity index (χ1v) is 21.3. The molecule has 0 bridgehead atoms. The molecule has 6 aromatic rings. The Morgan fingerprint density at radius 3 is 0.985 bits per heavy atom. The van der Waals surface area contributed by atoms with Crippen LogP contribution >= 0.6 is 0 Å². The molecule has 2 aromatic heterocycles. The molecule has 6 heterocycles. The van der Waals surface area contributed by atoms with E-state index in [1.54, 1.807) is 61.2 Å². The third-order valence-electron chi connectivity index (χ3n) is 11.4. The molecule has 10 rings (SSSR count). The number of nitrogens with zero attached hydrogens (tertiary/aromatic N) is 12. The van der Waals surface area contributed by atoms with Crippen molar-refractivity contribution in [2.45, 2.75) is 53.9 Å². The van der Waals surface area contributed by atoms with Crippen LogP contribution in [-0.4, -0.2) is 81.3 Å². The van der Waals surface area contributed by atoms with Gasteiger partial charge in [-0.2, -0.15) is 9.97 Å². The largest absolute Gasteiger partial charge is 0.350 e. The van der Waals surface area contributed by atoms with Crippen molar-refractivity contribution in [3.63, 3.8) is 0 Å². The fourth-order valence-corrected chi connectivity index (χ4v) is 7.72. The quantitative estimate of drug-likeness (QED) is 0.129. The molecule has 4 aliphatic heterocycles. The van der Waals surface area contributed by atoms with Crippen LogP contribution in [0.25, 0.3) is 45.4 Å². The summed E-state index contributed by atoms with van der Waals surface area (Å²) >= 11 is 0. The summed E-state index contributed by atoms with van der Waals surface area (Å²) in [5, 5.41) is 0. The molecule has 0 saturated heterocycles. The molecular weight excluding hydrogens is 865 g/mol. The van der Waals surface area contributed by atoms with E-state index < -0.39 is 11.4 Å². The number of hydrogen-bond donors (Lipinski definition) is 0. The molecule has 0 aliphatic carbocycles. The lowest BCUT2D eigenvalue weighted by Crippen LogP contribution is -2.17. The zero-order valence-electron chi connectivity index (χ0n) is 37.2. The standard InChI is InChI=1S/2C25H20N6O3/c2*1-15(32)19-7-3-17(4-8-19)11-30-14-28-21-22-24(27-13-26-23(21)30)31(25(34)29-22)12-18-5-9-20(10-6-18)16(2)33/h2*3-10,13-14H,11-12H2,1-2H3. The molecule has 4 aliphatic rings. The third kappa shape index (κ3) is 8.97. The van der Waals surface area contributed by atoms with E-state index in [1.807, 2.05) is 57.7 Å². The number of Topliss-reactive ketones (excluding diaryl/α,β-unsaturated/α-hetero) is 4. The first-order chi connectivity index (χ1) is 32.8. The highest BCUT2D eigenvalue weighted by molar-refractivity contribution is 5.95. The second-order valence-electron chi connectivity index (χ2n) is 16.2. The van der Waals surface area contributed by atoms with Gasteiger partial charge in [-0.25, -0.2) is 39.5 Å². The van der Waals surface area contributed by atoms with Gasteiger partial charge in [0.1, 0.15) is 35.1 Å². The topological polar surface area (TPSA) is 225 Å². The molecule has 0 amide bonds. The highest BCUT2D eigenvalue weighted by Gasteiger charge is 2.23. The number of benzene rings is 4. The van der Waals surface area contributed by atoms with Crippen LogP contribution in [0.4, 0.5) is 0 Å². The van der Waals surface area contributed by atoms with E-state index >= 15 is 0 Å². The summed E-state index contributed by atoms with van der Waals surface area (Å²) in [7, 11) is 0. The fourth-order valence-electron chi connectivity index (χ4n) is 7.72. The zero-order chi connectivity index (χ0) is 47.6. The smallest absolute Gasteiger partial charge is 0.311 e. The molecule has 18 heteroatoms. The monoisotopic (exact) mass is 904 g/mol. The highest BCUT2D eigenvalue weighted by atomic mass is 16.2. The maximum Gasteiger partial charge on any atom is 0.350 e. The zero-order valence-corrected chi connectivity index (χ0v) is 37.2. The van der Waals surface area contributed by atoms with Crippen LogP contribution in [0.5, 0.6) is 0 Å². The van der Waals surface area contributed by atoms with Crippen molar-refractivity contribution < 1.29 is 19.2 Å². The van der Waals surface area contributed by atoms with Crippen LogP contribution in [0.1, 0.15) is 91.4 Å². The average Bonchev–Trinajstić information content (AvgIpc) is 4.01. The summed E-state index contributed by atoms with van der Waals surface area (Å²) in [4.78, 5) is 107. The molecule has 0 unspecified atom stereocenters. The van der Waals surface area contributed by atoms with Crippen LogP contribution in [0, 0.1) is 0 Å². The Labute approximate surface area is 386 Å². The van der Waals surface area contributed by atoms with Crippen LogP contribution in [0.15, 0.2) is 132 Å². The number of imidazole rings is 4. The molecule has 0 saturated carbocycles. The van der Waals surface area contributed by atoms with Gasteiger partial charge in [0.2, 0.25) is 0 Å². The van der Waals surface area contributed by atoms with Crippen molar-refractivity contribution in [1.82, 2.24) is 58.1 Å². The average molecular weight is 905 g/mol. The van der Waals surface area contributed by atoms with Crippen molar-refractivity contribution in [3.05, 3.63) is 188 Å². The summed E-state index contributed by atoms with van der Waals surface area (Å²) in [5.41, 5.74) is 8.13. The van der Waals surface area contributed by atoms with Crippen LogP contribution in [0.2, 0.25) is 0 Å². The van der Waals surface area contributed by atoms with Crippen LogP contribution < -0.4 is 11.4 Å². The Morgan fingerprint density at radius 1 is 0.397 bits per heavy atom. The molecule has 18 nitrogen and oxygen atoms in total. The number of rotatable bonds is 12. The molecule has 0 radical (unpaired) electrons. The number of carbonyl (C=O) groups excluding carboxylic acids is 4. The summed E-state index contributed by atoms with van der Waals surface area (Å²) in [6, 6.07) is 28.9. The van der Waals surface area contributed by atoms with E-state index in [2.05, 4.69) is 39.9 Å².